The van der Waals surface area contributed by atoms with E-state index in [4.69, 9.17) is 0 Å². The van der Waals surface area contributed by atoms with Crippen molar-refractivity contribution in [2.45, 2.75) is 45.2 Å². The van der Waals surface area contributed by atoms with Crippen LogP contribution < -0.4 is 9.62 Å². The minimum Gasteiger partial charge on any atom is -0.354 e. The van der Waals surface area contributed by atoms with E-state index in [0.29, 0.717) is 12.2 Å². The number of hydrogen-bond donors (Lipinski definition) is 1. The summed E-state index contributed by atoms with van der Waals surface area (Å²) in [6, 6.07) is 21.6. The van der Waals surface area contributed by atoms with Gasteiger partial charge in [0.2, 0.25) is 11.8 Å². The molecule has 0 aromatic heterocycles. The highest BCUT2D eigenvalue weighted by Gasteiger charge is 2.32. The molecule has 38 heavy (non-hydrogen) atoms. The quantitative estimate of drug-likeness (QED) is 0.330. The van der Waals surface area contributed by atoms with E-state index in [2.05, 4.69) is 21.2 Å². The monoisotopic (exact) mass is 599 g/mol. The third-order valence-corrected chi connectivity index (χ3v) is 8.37. The van der Waals surface area contributed by atoms with Crippen LogP contribution >= 0.6 is 15.9 Å². The molecule has 0 saturated carbocycles. The van der Waals surface area contributed by atoms with Crippen LogP contribution in [-0.2, 0) is 26.2 Å². The summed E-state index contributed by atoms with van der Waals surface area (Å²) >= 11 is 3.42. The summed E-state index contributed by atoms with van der Waals surface area (Å²) in [5, 5.41) is 2.89. The van der Waals surface area contributed by atoms with Gasteiger partial charge in [-0.05, 0) is 61.7 Å². The number of carbonyl (C=O) groups excluding carboxylic acids is 2. The highest BCUT2D eigenvalue weighted by atomic mass is 79.9. The lowest BCUT2D eigenvalue weighted by Gasteiger charge is -2.32. The topological polar surface area (TPSA) is 86.8 Å². The Balaban J connectivity index is 1.98. The molecular weight excluding hydrogens is 566 g/mol. The van der Waals surface area contributed by atoms with Gasteiger partial charge in [-0.1, -0.05) is 77.8 Å². The molecule has 1 N–H and O–H groups in total. The maximum Gasteiger partial charge on any atom is 0.264 e. The first-order chi connectivity index (χ1) is 18.0. The Morgan fingerprint density at radius 2 is 1.50 bits per heavy atom. The van der Waals surface area contributed by atoms with Gasteiger partial charge in [0.25, 0.3) is 10.0 Å². The van der Waals surface area contributed by atoms with Crippen molar-refractivity contribution in [2.24, 2.45) is 5.92 Å². The fourth-order valence-electron chi connectivity index (χ4n) is 3.78. The number of aryl methyl sites for hydroxylation is 1. The second kappa shape index (κ2) is 13.1. The molecule has 3 aromatic carbocycles. The predicted octanol–water partition coefficient (Wildman–Crippen LogP) is 5.14. The third kappa shape index (κ3) is 7.68. The predicted molar refractivity (Wildman–Crippen MR) is 154 cm³/mol. The molecule has 1 atom stereocenters. The number of amides is 2. The SMILES string of the molecule is Cc1ccc(N(CC(=O)N(Cc2ccc(Br)cc2)[C@H](C)C(=O)NCC(C)C)S(=O)(=O)c2ccccc2)cc1. The van der Waals surface area contributed by atoms with Crippen LogP contribution in [0.5, 0.6) is 0 Å². The van der Waals surface area contributed by atoms with Crippen LogP contribution in [-0.4, -0.2) is 44.3 Å². The summed E-state index contributed by atoms with van der Waals surface area (Å²) in [5.41, 5.74) is 2.15. The normalized spacial score (nSPS) is 12.2. The van der Waals surface area contributed by atoms with E-state index in [0.717, 1.165) is 19.9 Å². The number of sulfonamides is 1. The molecule has 0 saturated heterocycles. The van der Waals surface area contributed by atoms with Gasteiger partial charge in [-0.3, -0.25) is 13.9 Å². The van der Waals surface area contributed by atoms with Gasteiger partial charge in [0.1, 0.15) is 12.6 Å². The van der Waals surface area contributed by atoms with Crippen LogP contribution in [0.3, 0.4) is 0 Å². The average molecular weight is 601 g/mol. The van der Waals surface area contributed by atoms with E-state index >= 15 is 0 Å². The molecule has 3 rings (SSSR count). The first kappa shape index (κ1) is 29.4. The highest BCUT2D eigenvalue weighted by Crippen LogP contribution is 2.25. The summed E-state index contributed by atoms with van der Waals surface area (Å²) in [6.45, 7) is 7.71. The van der Waals surface area contributed by atoms with Gasteiger partial charge in [-0.15, -0.1) is 0 Å². The minimum absolute atomic E-state index is 0.0792. The molecule has 3 aromatic rings. The van der Waals surface area contributed by atoms with E-state index in [1.54, 1.807) is 49.4 Å². The Morgan fingerprint density at radius 3 is 2.08 bits per heavy atom. The van der Waals surface area contributed by atoms with Crippen LogP contribution in [0, 0.1) is 12.8 Å². The molecule has 202 valence electrons. The maximum absolute atomic E-state index is 13.9. The number of anilines is 1. The van der Waals surface area contributed by atoms with Crippen molar-refractivity contribution < 1.29 is 18.0 Å². The zero-order valence-electron chi connectivity index (χ0n) is 22.1. The first-order valence-electron chi connectivity index (χ1n) is 12.4. The van der Waals surface area contributed by atoms with Gasteiger partial charge < -0.3 is 10.2 Å². The Hall–Kier alpha value is -3.17. The second-order valence-electron chi connectivity index (χ2n) is 9.62. The average Bonchev–Trinajstić information content (AvgIpc) is 2.90. The second-order valence-corrected chi connectivity index (χ2v) is 12.4. The fourth-order valence-corrected chi connectivity index (χ4v) is 5.48. The van der Waals surface area contributed by atoms with Gasteiger partial charge in [0.05, 0.1) is 10.6 Å². The molecule has 0 aliphatic heterocycles. The van der Waals surface area contributed by atoms with Gasteiger partial charge in [0.15, 0.2) is 0 Å². The van der Waals surface area contributed by atoms with Crippen molar-refractivity contribution >= 4 is 43.5 Å². The zero-order valence-corrected chi connectivity index (χ0v) is 24.5. The summed E-state index contributed by atoms with van der Waals surface area (Å²) in [5.74, 6) is -0.535. The Labute approximate surface area is 234 Å². The number of hydrogen-bond acceptors (Lipinski definition) is 4. The number of rotatable bonds is 11. The standard InChI is InChI=1S/C29H34BrN3O4S/c1-21(2)18-31-29(35)23(4)32(19-24-12-14-25(30)15-13-24)28(34)20-33(26-16-10-22(3)11-17-26)38(36,37)27-8-6-5-7-9-27/h5-17,21,23H,18-20H2,1-4H3,(H,31,35)/t23-/m1/s1. The maximum atomic E-state index is 13.9. The van der Waals surface area contributed by atoms with Gasteiger partial charge in [-0.2, -0.15) is 0 Å². The van der Waals surface area contributed by atoms with Crippen LogP contribution in [0.4, 0.5) is 5.69 Å². The van der Waals surface area contributed by atoms with Crippen molar-refractivity contribution in [1.29, 1.82) is 0 Å². The van der Waals surface area contributed by atoms with Gasteiger partial charge in [-0.25, -0.2) is 8.42 Å². The fraction of sp³-hybridized carbons (Fsp3) is 0.310. The minimum atomic E-state index is -4.06. The lowest BCUT2D eigenvalue weighted by atomic mass is 10.1. The molecule has 0 unspecified atom stereocenters. The summed E-state index contributed by atoms with van der Waals surface area (Å²) in [6.07, 6.45) is 0. The number of halogens is 1. The number of nitrogens with zero attached hydrogens (tertiary/aromatic N) is 2. The Morgan fingerprint density at radius 1 is 0.895 bits per heavy atom. The van der Waals surface area contributed by atoms with Crippen molar-refractivity contribution in [3.8, 4) is 0 Å². The zero-order chi connectivity index (χ0) is 27.9. The summed E-state index contributed by atoms with van der Waals surface area (Å²) < 4.78 is 29.4. The Kier molecular flexibility index (Phi) is 10.1. The molecule has 0 aliphatic carbocycles. The highest BCUT2D eigenvalue weighted by molar-refractivity contribution is 9.10. The lowest BCUT2D eigenvalue weighted by Crippen LogP contribution is -2.51. The molecule has 0 spiro atoms. The summed E-state index contributed by atoms with van der Waals surface area (Å²) in [7, 11) is -4.06. The smallest absolute Gasteiger partial charge is 0.264 e. The van der Waals surface area contributed by atoms with E-state index in [9.17, 15) is 18.0 Å². The summed E-state index contributed by atoms with van der Waals surface area (Å²) in [4.78, 5) is 28.4. The van der Waals surface area contributed by atoms with Crippen LogP contribution in [0.2, 0.25) is 0 Å². The van der Waals surface area contributed by atoms with E-state index in [1.165, 1.54) is 17.0 Å². The molecule has 0 bridgehead atoms. The van der Waals surface area contributed by atoms with Crippen molar-refractivity contribution in [2.75, 3.05) is 17.4 Å². The largest absolute Gasteiger partial charge is 0.354 e. The molecule has 0 fully saturated rings. The lowest BCUT2D eigenvalue weighted by molar-refractivity contribution is -0.139. The van der Waals surface area contributed by atoms with Crippen molar-refractivity contribution in [3.05, 3.63) is 94.5 Å². The molecule has 0 aliphatic rings. The van der Waals surface area contributed by atoms with Crippen molar-refractivity contribution in [3.63, 3.8) is 0 Å². The first-order valence-corrected chi connectivity index (χ1v) is 14.7. The van der Waals surface area contributed by atoms with Crippen LogP contribution in [0.1, 0.15) is 31.9 Å². The van der Waals surface area contributed by atoms with E-state index in [-0.39, 0.29) is 23.3 Å². The molecule has 0 heterocycles. The van der Waals surface area contributed by atoms with Crippen LogP contribution in [0.15, 0.2) is 88.2 Å². The molecular formula is C29H34BrN3O4S. The number of carbonyl (C=O) groups is 2. The van der Waals surface area contributed by atoms with Gasteiger partial charge >= 0.3 is 0 Å². The van der Waals surface area contributed by atoms with Crippen molar-refractivity contribution in [1.82, 2.24) is 10.2 Å². The third-order valence-electron chi connectivity index (χ3n) is 6.05. The van der Waals surface area contributed by atoms with E-state index in [1.807, 2.05) is 45.0 Å². The molecule has 9 heteroatoms. The molecule has 2 amide bonds. The molecule has 0 radical (unpaired) electrons. The number of nitrogens with one attached hydrogen (secondary N) is 1. The van der Waals surface area contributed by atoms with Gasteiger partial charge in [0, 0.05) is 17.6 Å². The molecule has 7 nitrogen and oxygen atoms in total. The van der Waals surface area contributed by atoms with E-state index < -0.39 is 28.5 Å². The van der Waals surface area contributed by atoms with Crippen LogP contribution in [0.25, 0.3) is 0 Å². The number of benzene rings is 3. The Bertz CT molecular complexity index is 1330.